The van der Waals surface area contributed by atoms with E-state index in [1.54, 1.807) is 12.1 Å². The molecule has 3 aromatic rings. The second-order valence-corrected chi connectivity index (χ2v) is 7.24. The van der Waals surface area contributed by atoms with Gasteiger partial charge >= 0.3 is 6.18 Å². The van der Waals surface area contributed by atoms with Crippen LogP contribution in [-0.4, -0.2) is 15.5 Å². The summed E-state index contributed by atoms with van der Waals surface area (Å²) in [6.07, 6.45) is -3.24. The second-order valence-electron chi connectivity index (χ2n) is 6.32. The number of nitrogens with zero attached hydrogens (tertiary/aromatic N) is 2. The van der Waals surface area contributed by atoms with Crippen LogP contribution in [0.1, 0.15) is 11.1 Å². The molecule has 0 aliphatic carbocycles. The maximum atomic E-state index is 12.7. The Morgan fingerprint density at radius 1 is 1.14 bits per heavy atom. The molecule has 0 bridgehead atoms. The van der Waals surface area contributed by atoms with Crippen LogP contribution in [0.3, 0.4) is 0 Å². The number of aryl methyl sites for hydroxylation is 1. The zero-order chi connectivity index (χ0) is 21.2. The van der Waals surface area contributed by atoms with Gasteiger partial charge in [0.1, 0.15) is 6.54 Å². The van der Waals surface area contributed by atoms with Crippen LogP contribution in [0, 0.1) is 6.92 Å². The molecule has 3 rings (SSSR count). The molecule has 1 aromatic heterocycles. The van der Waals surface area contributed by atoms with Crippen LogP contribution in [0.2, 0.25) is 0 Å². The van der Waals surface area contributed by atoms with Gasteiger partial charge in [0.25, 0.3) is 5.56 Å². The number of nitrogens with one attached hydrogen (secondary N) is 1. The number of amides is 1. The van der Waals surface area contributed by atoms with Crippen molar-refractivity contribution in [3.8, 4) is 11.3 Å². The average Bonchev–Trinajstić information content (AvgIpc) is 2.65. The van der Waals surface area contributed by atoms with E-state index in [0.717, 1.165) is 26.7 Å². The van der Waals surface area contributed by atoms with Crippen LogP contribution in [0.5, 0.6) is 0 Å². The molecule has 0 aliphatic heterocycles. The van der Waals surface area contributed by atoms with Gasteiger partial charge in [0.15, 0.2) is 0 Å². The number of benzene rings is 2. The second kappa shape index (κ2) is 8.20. The summed E-state index contributed by atoms with van der Waals surface area (Å²) in [6.45, 7) is 1.60. The topological polar surface area (TPSA) is 64.0 Å². The molecule has 0 radical (unpaired) electrons. The van der Waals surface area contributed by atoms with E-state index in [0.29, 0.717) is 11.3 Å². The third kappa shape index (κ3) is 5.11. The summed E-state index contributed by atoms with van der Waals surface area (Å²) in [5.41, 5.74) is 0.810. The molecule has 2 aromatic carbocycles. The lowest BCUT2D eigenvalue weighted by atomic mass is 10.1. The van der Waals surface area contributed by atoms with Gasteiger partial charge in [-0.15, -0.1) is 0 Å². The Morgan fingerprint density at radius 3 is 2.41 bits per heavy atom. The first-order chi connectivity index (χ1) is 13.6. The van der Waals surface area contributed by atoms with Crippen molar-refractivity contribution in [2.75, 3.05) is 5.32 Å². The molecule has 0 unspecified atom stereocenters. The highest BCUT2D eigenvalue weighted by Gasteiger charge is 2.30. The Labute approximate surface area is 172 Å². The minimum absolute atomic E-state index is 0.226. The molecule has 0 aliphatic rings. The quantitative estimate of drug-likeness (QED) is 0.610. The van der Waals surface area contributed by atoms with Crippen LogP contribution < -0.4 is 10.9 Å². The fourth-order valence-electron chi connectivity index (χ4n) is 2.64. The van der Waals surface area contributed by atoms with E-state index < -0.39 is 23.2 Å². The first kappa shape index (κ1) is 20.8. The average molecular weight is 466 g/mol. The lowest BCUT2D eigenvalue weighted by Gasteiger charge is -2.10. The molecule has 0 spiro atoms. The largest absolute Gasteiger partial charge is 0.416 e. The molecule has 0 fully saturated rings. The summed E-state index contributed by atoms with van der Waals surface area (Å²) < 4.78 is 40.0. The lowest BCUT2D eigenvalue weighted by molar-refractivity contribution is -0.137. The summed E-state index contributed by atoms with van der Waals surface area (Å²) >= 11 is 3.34. The number of hydrogen-bond donors (Lipinski definition) is 1. The predicted molar refractivity (Wildman–Crippen MR) is 106 cm³/mol. The Morgan fingerprint density at radius 2 is 1.83 bits per heavy atom. The fourth-order valence-corrected chi connectivity index (χ4v) is 3.12. The van der Waals surface area contributed by atoms with E-state index in [2.05, 4.69) is 26.2 Å². The van der Waals surface area contributed by atoms with Gasteiger partial charge in [0.05, 0.1) is 17.6 Å². The molecule has 29 heavy (non-hydrogen) atoms. The fraction of sp³-hybridized carbons (Fsp3) is 0.150. The Balaban J connectivity index is 1.74. The van der Waals surface area contributed by atoms with E-state index in [9.17, 15) is 22.8 Å². The maximum Gasteiger partial charge on any atom is 0.416 e. The molecule has 1 heterocycles. The number of alkyl halides is 3. The summed E-state index contributed by atoms with van der Waals surface area (Å²) in [4.78, 5) is 28.6. The third-order valence-corrected chi connectivity index (χ3v) is 4.66. The maximum absolute atomic E-state index is 12.7. The summed E-state index contributed by atoms with van der Waals surface area (Å²) in [5, 5.41) is 2.73. The van der Waals surface area contributed by atoms with Gasteiger partial charge in [-0.2, -0.15) is 13.2 Å². The number of anilines is 1. The highest BCUT2D eigenvalue weighted by Crippen LogP contribution is 2.30. The number of rotatable bonds is 4. The Bertz CT molecular complexity index is 1110. The first-order valence-electron chi connectivity index (χ1n) is 8.43. The van der Waals surface area contributed by atoms with Crippen molar-refractivity contribution in [3.05, 3.63) is 80.8 Å². The Kier molecular flexibility index (Phi) is 5.88. The zero-order valence-electron chi connectivity index (χ0n) is 15.1. The molecule has 0 saturated heterocycles. The molecule has 5 nitrogen and oxygen atoms in total. The first-order valence-corrected chi connectivity index (χ1v) is 9.23. The van der Waals surface area contributed by atoms with Crippen molar-refractivity contribution >= 4 is 27.5 Å². The van der Waals surface area contributed by atoms with Crippen LogP contribution in [-0.2, 0) is 17.5 Å². The van der Waals surface area contributed by atoms with Crippen molar-refractivity contribution in [2.45, 2.75) is 19.6 Å². The van der Waals surface area contributed by atoms with Gasteiger partial charge in [0, 0.05) is 21.8 Å². The van der Waals surface area contributed by atoms with Gasteiger partial charge in [-0.3, -0.25) is 14.2 Å². The molecule has 0 atom stereocenters. The van der Waals surface area contributed by atoms with Crippen LogP contribution in [0.4, 0.5) is 18.9 Å². The van der Waals surface area contributed by atoms with Gasteiger partial charge < -0.3 is 5.32 Å². The van der Waals surface area contributed by atoms with Crippen molar-refractivity contribution in [2.24, 2.45) is 0 Å². The molecular weight excluding hydrogens is 451 g/mol. The number of aromatic nitrogens is 2. The minimum Gasteiger partial charge on any atom is -0.324 e. The zero-order valence-corrected chi connectivity index (χ0v) is 16.7. The van der Waals surface area contributed by atoms with Gasteiger partial charge in [-0.05, 0) is 42.8 Å². The van der Waals surface area contributed by atoms with Crippen LogP contribution in [0.15, 0.2) is 64.1 Å². The number of hydrogen-bond acceptors (Lipinski definition) is 3. The van der Waals surface area contributed by atoms with E-state index in [4.69, 9.17) is 0 Å². The molecular formula is C20H15BrF3N3O2. The smallest absolute Gasteiger partial charge is 0.324 e. The van der Waals surface area contributed by atoms with Crippen molar-refractivity contribution in [3.63, 3.8) is 0 Å². The number of carbonyl (C=O) groups is 1. The number of halogens is 4. The van der Waals surface area contributed by atoms with E-state index in [1.807, 2.05) is 13.0 Å². The van der Waals surface area contributed by atoms with E-state index >= 15 is 0 Å². The van der Waals surface area contributed by atoms with Gasteiger partial charge in [-0.1, -0.05) is 28.1 Å². The van der Waals surface area contributed by atoms with Gasteiger partial charge in [0.2, 0.25) is 5.91 Å². The van der Waals surface area contributed by atoms with Crippen LogP contribution >= 0.6 is 15.9 Å². The molecule has 150 valence electrons. The minimum atomic E-state index is -4.43. The standard InChI is InChI=1S/C20H15BrF3N3O2/c1-12-8-15(21)6-7-16(12)26-18(28)10-27-11-25-17(9-19(27)29)13-2-4-14(5-3-13)20(22,23)24/h2-9,11H,10H2,1H3,(H,26,28). The molecule has 0 saturated carbocycles. The highest BCUT2D eigenvalue weighted by atomic mass is 79.9. The predicted octanol–water partition coefficient (Wildman–Crippen LogP) is 4.64. The Hall–Kier alpha value is -2.94. The normalized spacial score (nSPS) is 11.3. The summed E-state index contributed by atoms with van der Waals surface area (Å²) in [5.74, 6) is -0.401. The van der Waals surface area contributed by atoms with E-state index in [1.165, 1.54) is 24.5 Å². The lowest BCUT2D eigenvalue weighted by Crippen LogP contribution is -2.27. The van der Waals surface area contributed by atoms with Crippen molar-refractivity contribution in [1.82, 2.24) is 9.55 Å². The van der Waals surface area contributed by atoms with Crippen LogP contribution in [0.25, 0.3) is 11.3 Å². The van der Waals surface area contributed by atoms with Crippen molar-refractivity contribution in [1.29, 1.82) is 0 Å². The van der Waals surface area contributed by atoms with Crippen molar-refractivity contribution < 1.29 is 18.0 Å². The number of carbonyl (C=O) groups excluding carboxylic acids is 1. The van der Waals surface area contributed by atoms with E-state index in [-0.39, 0.29) is 12.2 Å². The summed E-state index contributed by atoms with van der Waals surface area (Å²) in [6, 6.07) is 10.9. The molecule has 9 heteroatoms. The third-order valence-electron chi connectivity index (χ3n) is 4.16. The monoisotopic (exact) mass is 465 g/mol. The van der Waals surface area contributed by atoms with Gasteiger partial charge in [-0.25, -0.2) is 4.98 Å². The SMILES string of the molecule is Cc1cc(Br)ccc1NC(=O)Cn1cnc(-c2ccc(C(F)(F)F)cc2)cc1=O. The molecule has 1 amide bonds. The highest BCUT2D eigenvalue weighted by molar-refractivity contribution is 9.10. The molecule has 1 N–H and O–H groups in total. The summed E-state index contributed by atoms with van der Waals surface area (Å²) in [7, 11) is 0.